The molecule has 0 unspecified atom stereocenters. The summed E-state index contributed by atoms with van der Waals surface area (Å²) in [5.41, 5.74) is 5.70. The summed E-state index contributed by atoms with van der Waals surface area (Å²) in [5, 5.41) is 0. The van der Waals surface area contributed by atoms with Gasteiger partial charge in [0.1, 0.15) is 10.7 Å². The Labute approximate surface area is 143 Å². The van der Waals surface area contributed by atoms with Gasteiger partial charge < -0.3 is 5.73 Å². The van der Waals surface area contributed by atoms with Crippen molar-refractivity contribution in [1.82, 2.24) is 8.96 Å². The van der Waals surface area contributed by atoms with Gasteiger partial charge in [0.05, 0.1) is 12.1 Å². The molecule has 0 bridgehead atoms. The second-order valence-electron chi connectivity index (χ2n) is 5.30. The third kappa shape index (κ3) is 3.16. The van der Waals surface area contributed by atoms with Crippen LogP contribution in [0.2, 0.25) is 0 Å². The zero-order valence-corrected chi connectivity index (χ0v) is 13.8. The lowest BCUT2D eigenvalue weighted by Crippen LogP contribution is -2.17. The lowest BCUT2D eigenvalue weighted by atomic mass is 10.1. The van der Waals surface area contributed by atoms with Crippen LogP contribution in [0.25, 0.3) is 11.3 Å². The molecule has 128 valence electrons. The summed E-state index contributed by atoms with van der Waals surface area (Å²) < 4.78 is 41.1. The quantitative estimate of drug-likeness (QED) is 0.753. The molecule has 0 saturated heterocycles. The van der Waals surface area contributed by atoms with Gasteiger partial charge in [-0.25, -0.2) is 16.8 Å². The molecule has 6 nitrogen and oxygen atoms in total. The molecule has 2 aromatic heterocycles. The van der Waals surface area contributed by atoms with Gasteiger partial charge in [0.2, 0.25) is 5.91 Å². The maximum Gasteiger partial charge on any atom is 0.269 e. The molecule has 0 fully saturated rings. The minimum atomic E-state index is -4.01. The van der Waals surface area contributed by atoms with Crippen LogP contribution in [0.15, 0.2) is 66.0 Å². The Bertz CT molecular complexity index is 1030. The van der Waals surface area contributed by atoms with Gasteiger partial charge in [-0.05, 0) is 35.9 Å². The van der Waals surface area contributed by atoms with E-state index in [1.807, 2.05) is 0 Å². The van der Waals surface area contributed by atoms with Crippen molar-refractivity contribution in [1.29, 1.82) is 0 Å². The van der Waals surface area contributed by atoms with Gasteiger partial charge in [0.15, 0.2) is 0 Å². The number of primary amides is 1. The molecule has 3 aromatic rings. The average Bonchev–Trinajstić information content (AvgIpc) is 2.99. The van der Waals surface area contributed by atoms with E-state index in [2.05, 4.69) is 4.98 Å². The van der Waals surface area contributed by atoms with E-state index in [0.29, 0.717) is 5.56 Å². The molecule has 8 heteroatoms. The van der Waals surface area contributed by atoms with Crippen LogP contribution >= 0.6 is 0 Å². The third-order valence-corrected chi connectivity index (χ3v) is 5.28. The summed E-state index contributed by atoms with van der Waals surface area (Å²) in [7, 11) is -4.01. The van der Waals surface area contributed by atoms with Gasteiger partial charge in [-0.1, -0.05) is 12.1 Å². The summed E-state index contributed by atoms with van der Waals surface area (Å²) in [6.45, 7) is 0. The van der Waals surface area contributed by atoms with E-state index in [4.69, 9.17) is 5.73 Å². The molecule has 0 saturated carbocycles. The fraction of sp³-hybridized carbons (Fsp3) is 0.0588. The number of amides is 1. The molecule has 0 radical (unpaired) electrons. The van der Waals surface area contributed by atoms with Gasteiger partial charge in [0, 0.05) is 24.2 Å². The van der Waals surface area contributed by atoms with Crippen LogP contribution in [0.1, 0.15) is 5.56 Å². The molecular formula is C17H14FN3O3S. The second kappa shape index (κ2) is 6.48. The smallest absolute Gasteiger partial charge is 0.269 e. The molecule has 0 aliphatic carbocycles. The van der Waals surface area contributed by atoms with E-state index in [-0.39, 0.29) is 22.6 Å². The lowest BCUT2D eigenvalue weighted by molar-refractivity contribution is -0.117. The topological polar surface area (TPSA) is 95.0 Å². The van der Waals surface area contributed by atoms with Gasteiger partial charge in [-0.15, -0.1) is 0 Å². The first-order valence-electron chi connectivity index (χ1n) is 7.30. The summed E-state index contributed by atoms with van der Waals surface area (Å²) in [4.78, 5) is 15.1. The summed E-state index contributed by atoms with van der Waals surface area (Å²) in [5.74, 6) is -1.25. The molecule has 0 aliphatic heterocycles. The van der Waals surface area contributed by atoms with E-state index < -0.39 is 21.7 Å². The number of carbonyl (C=O) groups is 1. The van der Waals surface area contributed by atoms with E-state index in [0.717, 1.165) is 3.97 Å². The number of nitrogens with zero attached hydrogens (tertiary/aromatic N) is 2. The average molecular weight is 359 g/mol. The van der Waals surface area contributed by atoms with Crippen molar-refractivity contribution < 1.29 is 17.6 Å². The number of halogens is 1. The number of rotatable bonds is 5. The Balaban J connectivity index is 2.27. The zero-order chi connectivity index (χ0) is 18.0. The van der Waals surface area contributed by atoms with Crippen molar-refractivity contribution in [2.24, 2.45) is 5.73 Å². The van der Waals surface area contributed by atoms with E-state index in [1.54, 1.807) is 6.07 Å². The maximum atomic E-state index is 14.3. The van der Waals surface area contributed by atoms with Crippen molar-refractivity contribution in [2.45, 2.75) is 11.3 Å². The van der Waals surface area contributed by atoms with Crippen LogP contribution in [-0.2, 0) is 21.2 Å². The molecule has 3 rings (SSSR count). The van der Waals surface area contributed by atoms with Gasteiger partial charge >= 0.3 is 0 Å². The molecule has 2 N–H and O–H groups in total. The van der Waals surface area contributed by atoms with Crippen molar-refractivity contribution >= 4 is 15.9 Å². The molecule has 25 heavy (non-hydrogen) atoms. The van der Waals surface area contributed by atoms with E-state index in [9.17, 15) is 17.6 Å². The minimum absolute atomic E-state index is 0.0474. The predicted octanol–water partition coefficient (Wildman–Crippen LogP) is 1.95. The molecular weight excluding hydrogens is 345 g/mol. The molecule has 1 aromatic carbocycles. The first-order chi connectivity index (χ1) is 11.9. The largest absolute Gasteiger partial charge is 0.369 e. The number of nitrogens with two attached hydrogens (primary N) is 1. The SMILES string of the molecule is NC(=O)Cc1ccn(S(=O)(=O)c2cccnc2)c1-c1ccccc1F. The van der Waals surface area contributed by atoms with Crippen LogP contribution in [0, 0.1) is 5.82 Å². The molecule has 0 atom stereocenters. The Kier molecular flexibility index (Phi) is 4.37. The van der Waals surface area contributed by atoms with Crippen molar-refractivity contribution in [3.63, 3.8) is 0 Å². The Morgan fingerprint density at radius 3 is 2.56 bits per heavy atom. The van der Waals surface area contributed by atoms with Crippen LogP contribution in [-0.4, -0.2) is 23.3 Å². The highest BCUT2D eigenvalue weighted by molar-refractivity contribution is 7.90. The standard InChI is InChI=1S/C17H14FN3O3S/c18-15-6-2-1-5-14(15)17-12(10-16(19)22)7-9-21(17)25(23,24)13-4-3-8-20-11-13/h1-9,11H,10H2,(H2,19,22). The van der Waals surface area contributed by atoms with Crippen molar-refractivity contribution in [2.75, 3.05) is 0 Å². The predicted molar refractivity (Wildman–Crippen MR) is 89.5 cm³/mol. The lowest BCUT2D eigenvalue weighted by Gasteiger charge is -2.13. The first kappa shape index (κ1) is 16.8. The van der Waals surface area contributed by atoms with Crippen LogP contribution in [0.3, 0.4) is 0 Å². The second-order valence-corrected chi connectivity index (χ2v) is 7.12. The van der Waals surface area contributed by atoms with Crippen molar-refractivity contribution in [3.05, 3.63) is 72.4 Å². The number of carbonyl (C=O) groups excluding carboxylic acids is 1. The Morgan fingerprint density at radius 1 is 1.16 bits per heavy atom. The highest BCUT2D eigenvalue weighted by atomic mass is 32.2. The third-order valence-electron chi connectivity index (χ3n) is 3.62. The highest BCUT2D eigenvalue weighted by Crippen LogP contribution is 2.31. The number of pyridine rings is 1. The van der Waals surface area contributed by atoms with E-state index >= 15 is 0 Å². The molecule has 2 heterocycles. The highest BCUT2D eigenvalue weighted by Gasteiger charge is 2.25. The van der Waals surface area contributed by atoms with Crippen LogP contribution in [0.4, 0.5) is 4.39 Å². The Morgan fingerprint density at radius 2 is 1.92 bits per heavy atom. The van der Waals surface area contributed by atoms with Gasteiger partial charge in [-0.2, -0.15) is 0 Å². The van der Waals surface area contributed by atoms with E-state index in [1.165, 1.54) is 55.0 Å². The molecule has 1 amide bonds. The monoisotopic (exact) mass is 359 g/mol. The zero-order valence-electron chi connectivity index (χ0n) is 13.0. The number of hydrogen-bond acceptors (Lipinski definition) is 4. The summed E-state index contributed by atoms with van der Waals surface area (Å²) in [6.07, 6.45) is 3.72. The number of benzene rings is 1. The molecule has 0 aliphatic rings. The van der Waals surface area contributed by atoms with Crippen LogP contribution < -0.4 is 5.73 Å². The normalized spacial score (nSPS) is 11.4. The summed E-state index contributed by atoms with van der Waals surface area (Å²) in [6, 6.07) is 10.1. The first-order valence-corrected chi connectivity index (χ1v) is 8.74. The minimum Gasteiger partial charge on any atom is -0.369 e. The Hall–Kier alpha value is -3.00. The van der Waals surface area contributed by atoms with Crippen LogP contribution in [0.5, 0.6) is 0 Å². The summed E-state index contributed by atoms with van der Waals surface area (Å²) >= 11 is 0. The van der Waals surface area contributed by atoms with Gasteiger partial charge in [0.25, 0.3) is 10.0 Å². The fourth-order valence-electron chi connectivity index (χ4n) is 2.54. The molecule has 0 spiro atoms. The maximum absolute atomic E-state index is 14.3. The number of hydrogen-bond donors (Lipinski definition) is 1. The van der Waals surface area contributed by atoms with Crippen molar-refractivity contribution in [3.8, 4) is 11.3 Å². The number of aromatic nitrogens is 2. The van der Waals surface area contributed by atoms with Gasteiger partial charge in [-0.3, -0.25) is 9.78 Å². The fourth-order valence-corrected chi connectivity index (χ4v) is 3.89.